The molecule has 3 heterocycles. The van der Waals surface area contributed by atoms with E-state index in [1.165, 1.54) is 0 Å². The largest absolute Gasteiger partial charge is 0.472 e. The number of pyridine rings is 1. The van der Waals surface area contributed by atoms with Crippen LogP contribution < -0.4 is 4.74 Å². The summed E-state index contributed by atoms with van der Waals surface area (Å²) in [7, 11) is 2.02. The van der Waals surface area contributed by atoms with Crippen molar-refractivity contribution in [1.82, 2.24) is 14.5 Å². The number of carbonyl (C=O) groups excluding carboxylic acids is 1. The van der Waals surface area contributed by atoms with Gasteiger partial charge in [-0.1, -0.05) is 18.2 Å². The van der Waals surface area contributed by atoms with Gasteiger partial charge in [0.25, 0.3) is 0 Å². The van der Waals surface area contributed by atoms with Crippen LogP contribution in [0.1, 0.15) is 12.0 Å². The van der Waals surface area contributed by atoms with Crippen LogP contribution in [0.3, 0.4) is 0 Å². The van der Waals surface area contributed by atoms with Crippen molar-refractivity contribution in [2.45, 2.75) is 18.9 Å². The summed E-state index contributed by atoms with van der Waals surface area (Å²) in [5.74, 6) is 0.748. The quantitative estimate of drug-likeness (QED) is 0.656. The maximum absolute atomic E-state index is 12.7. The number of ether oxygens (including phenoxy) is 1. The molecule has 1 fully saturated rings. The van der Waals surface area contributed by atoms with E-state index in [1.807, 2.05) is 36.2 Å². The number of aryl methyl sites for hydroxylation is 1. The number of amides is 1. The summed E-state index contributed by atoms with van der Waals surface area (Å²) in [4.78, 5) is 18.9. The molecule has 0 N–H and O–H groups in total. The van der Waals surface area contributed by atoms with E-state index >= 15 is 0 Å². The molecule has 5 nitrogen and oxygen atoms in total. The summed E-state index contributed by atoms with van der Waals surface area (Å²) < 4.78 is 8.90. The second-order valence-electron chi connectivity index (χ2n) is 6.64. The van der Waals surface area contributed by atoms with Crippen molar-refractivity contribution in [2.75, 3.05) is 13.1 Å². The molecule has 2 aromatic heterocycles. The maximum atomic E-state index is 12.7. The highest BCUT2D eigenvalue weighted by molar-refractivity contribution is 9.10. The van der Waals surface area contributed by atoms with Crippen molar-refractivity contribution in [2.24, 2.45) is 7.05 Å². The summed E-state index contributed by atoms with van der Waals surface area (Å²) in [5, 5.41) is 1.15. The Morgan fingerprint density at radius 3 is 2.96 bits per heavy atom. The smallest absolute Gasteiger partial charge is 0.227 e. The molecule has 0 bridgehead atoms. The van der Waals surface area contributed by atoms with Crippen LogP contribution >= 0.6 is 15.9 Å². The first-order valence-electron chi connectivity index (χ1n) is 8.69. The van der Waals surface area contributed by atoms with Gasteiger partial charge in [0.15, 0.2) is 0 Å². The van der Waals surface area contributed by atoms with Crippen LogP contribution in [0.2, 0.25) is 0 Å². The fraction of sp³-hybridized carbons (Fsp3) is 0.300. The average Bonchev–Trinajstić information content (AvgIpc) is 3.23. The second-order valence-corrected chi connectivity index (χ2v) is 7.56. The van der Waals surface area contributed by atoms with E-state index in [0.717, 1.165) is 33.9 Å². The molecule has 0 spiro atoms. The number of rotatable bonds is 4. The highest BCUT2D eigenvalue weighted by atomic mass is 79.9. The fourth-order valence-corrected chi connectivity index (χ4v) is 3.73. The summed E-state index contributed by atoms with van der Waals surface area (Å²) >= 11 is 3.36. The molecule has 3 aromatic rings. The molecule has 0 saturated carbocycles. The van der Waals surface area contributed by atoms with Crippen molar-refractivity contribution in [1.29, 1.82) is 0 Å². The highest BCUT2D eigenvalue weighted by Crippen LogP contribution is 2.23. The van der Waals surface area contributed by atoms with E-state index in [4.69, 9.17) is 4.74 Å². The second kappa shape index (κ2) is 7.11. The predicted octanol–water partition coefficient (Wildman–Crippen LogP) is 3.56. The zero-order chi connectivity index (χ0) is 18.1. The molecule has 0 aliphatic carbocycles. The van der Waals surface area contributed by atoms with Gasteiger partial charge in [-0.3, -0.25) is 4.79 Å². The zero-order valence-electron chi connectivity index (χ0n) is 14.6. The number of hydrogen-bond acceptors (Lipinski definition) is 3. The molecule has 0 unspecified atom stereocenters. The van der Waals surface area contributed by atoms with Gasteiger partial charge in [-0.05, 0) is 33.6 Å². The lowest BCUT2D eigenvalue weighted by Crippen LogP contribution is -2.32. The third kappa shape index (κ3) is 3.46. The minimum Gasteiger partial charge on any atom is -0.472 e. The molecule has 1 amide bonds. The number of hydrogen-bond donors (Lipinski definition) is 0. The van der Waals surface area contributed by atoms with Crippen LogP contribution in [-0.4, -0.2) is 39.6 Å². The molecule has 4 rings (SSSR count). The van der Waals surface area contributed by atoms with Crippen molar-refractivity contribution in [3.05, 3.63) is 58.8 Å². The number of likely N-dealkylation sites (tertiary alicyclic amines) is 1. The van der Waals surface area contributed by atoms with Crippen LogP contribution in [-0.2, 0) is 18.3 Å². The monoisotopic (exact) mass is 413 g/mol. The molecule has 1 aliphatic heterocycles. The molecule has 1 saturated heterocycles. The van der Waals surface area contributed by atoms with Crippen molar-refractivity contribution in [3.8, 4) is 5.88 Å². The van der Waals surface area contributed by atoms with Crippen LogP contribution in [0.15, 0.2) is 53.3 Å². The first-order valence-corrected chi connectivity index (χ1v) is 9.48. The van der Waals surface area contributed by atoms with Crippen molar-refractivity contribution >= 4 is 32.7 Å². The Morgan fingerprint density at radius 2 is 2.15 bits per heavy atom. The van der Waals surface area contributed by atoms with Gasteiger partial charge in [0.2, 0.25) is 11.8 Å². The number of aromatic nitrogens is 2. The van der Waals surface area contributed by atoms with E-state index < -0.39 is 0 Å². The Labute approximate surface area is 160 Å². The zero-order valence-corrected chi connectivity index (χ0v) is 16.1. The molecule has 1 aliphatic rings. The van der Waals surface area contributed by atoms with Gasteiger partial charge in [0.05, 0.1) is 13.0 Å². The molecule has 134 valence electrons. The Balaban J connectivity index is 1.40. The predicted molar refractivity (Wildman–Crippen MR) is 104 cm³/mol. The van der Waals surface area contributed by atoms with Gasteiger partial charge < -0.3 is 14.2 Å². The summed E-state index contributed by atoms with van der Waals surface area (Å²) in [5.41, 5.74) is 2.23. The van der Waals surface area contributed by atoms with Gasteiger partial charge in [0.1, 0.15) is 6.10 Å². The molecule has 0 radical (unpaired) electrons. The number of fused-ring (bicyclic) bond motifs is 1. The lowest BCUT2D eigenvalue weighted by Gasteiger charge is -2.17. The Hall–Kier alpha value is -2.34. The van der Waals surface area contributed by atoms with Crippen LogP contribution in [0.25, 0.3) is 10.9 Å². The molecule has 1 aromatic carbocycles. The average molecular weight is 414 g/mol. The van der Waals surface area contributed by atoms with Gasteiger partial charge in [-0.15, -0.1) is 0 Å². The Bertz CT molecular complexity index is 936. The van der Waals surface area contributed by atoms with Gasteiger partial charge >= 0.3 is 0 Å². The normalized spacial score (nSPS) is 17.0. The fourth-order valence-electron chi connectivity index (χ4n) is 3.49. The summed E-state index contributed by atoms with van der Waals surface area (Å²) in [6, 6.07) is 11.9. The van der Waals surface area contributed by atoms with E-state index in [2.05, 4.69) is 43.8 Å². The van der Waals surface area contributed by atoms with E-state index in [0.29, 0.717) is 18.8 Å². The van der Waals surface area contributed by atoms with E-state index in [1.54, 1.807) is 6.20 Å². The first-order chi connectivity index (χ1) is 12.6. The first kappa shape index (κ1) is 17.1. The topological polar surface area (TPSA) is 47.4 Å². The lowest BCUT2D eigenvalue weighted by atomic mass is 10.1. The van der Waals surface area contributed by atoms with Crippen molar-refractivity contribution < 1.29 is 9.53 Å². The van der Waals surface area contributed by atoms with Gasteiger partial charge in [0, 0.05) is 53.8 Å². The number of para-hydroxylation sites is 1. The molecular formula is C20H20BrN3O2. The maximum Gasteiger partial charge on any atom is 0.227 e. The molecule has 6 heteroatoms. The van der Waals surface area contributed by atoms with E-state index in [9.17, 15) is 4.79 Å². The summed E-state index contributed by atoms with van der Waals surface area (Å²) in [6.45, 7) is 1.34. The van der Waals surface area contributed by atoms with Crippen LogP contribution in [0.5, 0.6) is 5.88 Å². The summed E-state index contributed by atoms with van der Waals surface area (Å²) in [6.07, 6.45) is 5.02. The van der Waals surface area contributed by atoms with Gasteiger partial charge in [-0.25, -0.2) is 4.98 Å². The SMILES string of the molecule is Cn1cc(CC(=O)N2CC[C@@H](Oc3ccc(Br)cn3)C2)c2ccccc21. The van der Waals surface area contributed by atoms with Gasteiger partial charge in [-0.2, -0.15) is 0 Å². The third-order valence-electron chi connectivity index (χ3n) is 4.81. The number of halogens is 1. The molecular weight excluding hydrogens is 394 g/mol. The number of carbonyl (C=O) groups is 1. The van der Waals surface area contributed by atoms with Crippen LogP contribution in [0, 0.1) is 0 Å². The molecule has 1 atom stereocenters. The number of benzene rings is 1. The Morgan fingerprint density at radius 1 is 1.31 bits per heavy atom. The Kier molecular flexibility index (Phi) is 4.68. The third-order valence-corrected chi connectivity index (χ3v) is 5.28. The minimum atomic E-state index is 0.000132. The van der Waals surface area contributed by atoms with E-state index in [-0.39, 0.29) is 12.0 Å². The minimum absolute atomic E-state index is 0.000132. The standard InChI is InChI=1S/C20H20BrN3O2/c1-23-12-14(17-4-2-3-5-18(17)23)10-20(25)24-9-8-16(13-24)26-19-7-6-15(21)11-22-19/h2-7,11-12,16H,8-10,13H2,1H3/t16-/m1/s1. The van der Waals surface area contributed by atoms with Crippen molar-refractivity contribution in [3.63, 3.8) is 0 Å². The highest BCUT2D eigenvalue weighted by Gasteiger charge is 2.28. The molecule has 26 heavy (non-hydrogen) atoms. The van der Waals surface area contributed by atoms with Crippen LogP contribution in [0.4, 0.5) is 0 Å². The lowest BCUT2D eigenvalue weighted by molar-refractivity contribution is -0.129. The number of nitrogens with zero attached hydrogens (tertiary/aromatic N) is 3.